The largest absolute Gasteiger partial charge is 0.394 e. The van der Waals surface area contributed by atoms with Crippen LogP contribution in [0.25, 0.3) is 0 Å². The van der Waals surface area contributed by atoms with Gasteiger partial charge in [-0.25, -0.2) is 0 Å². The highest BCUT2D eigenvalue weighted by molar-refractivity contribution is 5.87. The molecule has 0 aromatic rings. The predicted octanol–water partition coefficient (Wildman–Crippen LogP) is 6.12. The minimum absolute atomic E-state index is 0.161. The lowest BCUT2D eigenvalue weighted by molar-refractivity contribution is -0.231. The molecule has 51 heavy (non-hydrogen) atoms. The Hall–Kier alpha value is -1.79. The summed E-state index contributed by atoms with van der Waals surface area (Å²) < 4.78 is 6.04. The van der Waals surface area contributed by atoms with Gasteiger partial charge in [-0.1, -0.05) is 162 Å². The number of carbonyl (C=O) groups is 3. The standard InChI is InChI=1S/C40H78N4O7/c1-3-5-7-9-11-13-15-16-17-18-19-20-22-24-26-28-35(47)44(29-27-25-23-21-14-12-10-8-6-4-2)40-36(38(49)37(48)33(31-45)51-40)43-39(50)32(41)30-34(42)46/h32-33,36-38,40,45,48-49H,3-31,41H2,1-2H3,(H2,42,46)(H,43,50)/t32-,33+,36+,37+,38+,40+/m0/s1. The van der Waals surface area contributed by atoms with Crippen molar-refractivity contribution in [2.45, 2.75) is 224 Å². The molecular weight excluding hydrogens is 648 g/mol. The van der Waals surface area contributed by atoms with Gasteiger partial charge in [0.15, 0.2) is 6.23 Å². The van der Waals surface area contributed by atoms with E-state index in [4.69, 9.17) is 16.2 Å². The molecule has 1 aliphatic rings. The Morgan fingerprint density at radius 2 is 1.08 bits per heavy atom. The number of nitrogens with zero attached hydrogens (tertiary/aromatic N) is 1. The van der Waals surface area contributed by atoms with Gasteiger partial charge in [-0.15, -0.1) is 0 Å². The Kier molecular flexibility index (Phi) is 28.4. The molecule has 300 valence electrons. The van der Waals surface area contributed by atoms with Gasteiger partial charge in [0.25, 0.3) is 0 Å². The summed E-state index contributed by atoms with van der Waals surface area (Å²) in [4.78, 5) is 39.7. The first-order valence-electron chi connectivity index (χ1n) is 20.9. The van der Waals surface area contributed by atoms with Crippen LogP contribution < -0.4 is 16.8 Å². The van der Waals surface area contributed by atoms with Gasteiger partial charge in [0.1, 0.15) is 24.4 Å². The lowest BCUT2D eigenvalue weighted by Gasteiger charge is -2.47. The first kappa shape index (κ1) is 47.2. The Bertz CT molecular complexity index is 895. The van der Waals surface area contributed by atoms with Crippen molar-refractivity contribution in [2.75, 3.05) is 13.2 Å². The van der Waals surface area contributed by atoms with E-state index in [2.05, 4.69) is 19.2 Å². The molecule has 1 saturated heterocycles. The van der Waals surface area contributed by atoms with Gasteiger partial charge in [0, 0.05) is 13.0 Å². The number of aliphatic hydroxyl groups is 3. The lowest BCUT2D eigenvalue weighted by atomic mass is 9.94. The minimum atomic E-state index is -1.54. The van der Waals surface area contributed by atoms with Crippen molar-refractivity contribution in [3.05, 3.63) is 0 Å². The van der Waals surface area contributed by atoms with Crippen molar-refractivity contribution >= 4 is 17.7 Å². The number of aliphatic hydroxyl groups excluding tert-OH is 3. The molecule has 0 saturated carbocycles. The average Bonchev–Trinajstić information content (AvgIpc) is 3.11. The van der Waals surface area contributed by atoms with E-state index < -0.39 is 61.5 Å². The molecule has 0 aromatic heterocycles. The predicted molar refractivity (Wildman–Crippen MR) is 205 cm³/mol. The molecule has 0 aromatic carbocycles. The second-order valence-electron chi connectivity index (χ2n) is 15.0. The molecule has 8 N–H and O–H groups in total. The number of nitrogens with two attached hydrogens (primary N) is 2. The van der Waals surface area contributed by atoms with Crippen molar-refractivity contribution in [3.8, 4) is 0 Å². The Labute approximate surface area is 310 Å². The van der Waals surface area contributed by atoms with Gasteiger partial charge in [-0.3, -0.25) is 14.4 Å². The highest BCUT2D eigenvalue weighted by atomic mass is 16.5. The van der Waals surface area contributed by atoms with Crippen LogP contribution in [0.4, 0.5) is 0 Å². The average molecular weight is 727 g/mol. The highest BCUT2D eigenvalue weighted by Crippen LogP contribution is 2.26. The first-order valence-corrected chi connectivity index (χ1v) is 20.9. The van der Waals surface area contributed by atoms with Crippen LogP contribution in [0.2, 0.25) is 0 Å². The van der Waals surface area contributed by atoms with Crippen LogP contribution in [0.5, 0.6) is 0 Å². The topological polar surface area (TPSA) is 188 Å². The maximum atomic E-state index is 13.8. The fraction of sp³-hybridized carbons (Fsp3) is 0.925. The third-order valence-corrected chi connectivity index (χ3v) is 10.3. The van der Waals surface area contributed by atoms with Crippen molar-refractivity contribution in [1.29, 1.82) is 0 Å². The van der Waals surface area contributed by atoms with E-state index >= 15 is 0 Å². The van der Waals surface area contributed by atoms with Crippen LogP contribution in [-0.2, 0) is 19.1 Å². The number of rotatable bonds is 33. The number of primary amides is 1. The molecule has 0 unspecified atom stereocenters. The summed E-state index contributed by atoms with van der Waals surface area (Å²) in [6.45, 7) is 4.24. The van der Waals surface area contributed by atoms with E-state index in [1.54, 1.807) is 4.90 Å². The summed E-state index contributed by atoms with van der Waals surface area (Å²) in [5.74, 6) is -1.67. The van der Waals surface area contributed by atoms with E-state index in [9.17, 15) is 29.7 Å². The fourth-order valence-corrected chi connectivity index (χ4v) is 7.06. The zero-order valence-corrected chi connectivity index (χ0v) is 32.5. The van der Waals surface area contributed by atoms with Gasteiger partial charge >= 0.3 is 0 Å². The number of unbranched alkanes of at least 4 members (excludes halogenated alkanes) is 23. The van der Waals surface area contributed by atoms with E-state index in [1.807, 2.05) is 0 Å². The van der Waals surface area contributed by atoms with E-state index in [-0.39, 0.29) is 5.91 Å². The Morgan fingerprint density at radius 3 is 1.49 bits per heavy atom. The van der Waals surface area contributed by atoms with Gasteiger partial charge in [0.05, 0.1) is 19.1 Å². The van der Waals surface area contributed by atoms with Gasteiger partial charge in [0.2, 0.25) is 17.7 Å². The van der Waals surface area contributed by atoms with Gasteiger partial charge in [-0.05, 0) is 12.8 Å². The molecule has 1 rings (SSSR count). The smallest absolute Gasteiger partial charge is 0.237 e. The molecule has 3 amide bonds. The number of ether oxygens (including phenoxy) is 1. The van der Waals surface area contributed by atoms with Crippen LogP contribution in [0.15, 0.2) is 0 Å². The molecule has 6 atom stereocenters. The molecule has 1 fully saturated rings. The minimum Gasteiger partial charge on any atom is -0.394 e. The van der Waals surface area contributed by atoms with Crippen molar-refractivity contribution in [2.24, 2.45) is 11.5 Å². The molecule has 1 aliphatic heterocycles. The summed E-state index contributed by atoms with van der Waals surface area (Å²) in [7, 11) is 0. The summed E-state index contributed by atoms with van der Waals surface area (Å²) in [6, 6.07) is -2.49. The van der Waals surface area contributed by atoms with Crippen LogP contribution >= 0.6 is 0 Å². The van der Waals surface area contributed by atoms with Crippen molar-refractivity contribution < 1.29 is 34.4 Å². The molecule has 1 heterocycles. The second kappa shape index (κ2) is 30.6. The lowest BCUT2D eigenvalue weighted by Crippen LogP contribution is -2.69. The zero-order valence-electron chi connectivity index (χ0n) is 32.5. The number of hydrogen-bond donors (Lipinski definition) is 6. The third kappa shape index (κ3) is 21.5. The number of hydrogen-bond acceptors (Lipinski definition) is 8. The Balaban J connectivity index is 2.72. The normalized spacial score (nSPS) is 21.0. The number of nitrogens with one attached hydrogen (secondary N) is 1. The van der Waals surface area contributed by atoms with E-state index in [0.29, 0.717) is 25.8 Å². The van der Waals surface area contributed by atoms with Crippen LogP contribution in [0.3, 0.4) is 0 Å². The third-order valence-electron chi connectivity index (χ3n) is 10.3. The van der Waals surface area contributed by atoms with E-state index in [1.165, 1.54) is 109 Å². The molecule has 0 radical (unpaired) electrons. The number of amides is 3. The van der Waals surface area contributed by atoms with Gasteiger partial charge < -0.3 is 41.7 Å². The molecule has 11 nitrogen and oxygen atoms in total. The highest BCUT2D eigenvalue weighted by Gasteiger charge is 2.48. The fourth-order valence-electron chi connectivity index (χ4n) is 7.06. The summed E-state index contributed by atoms with van der Waals surface area (Å²) in [5.41, 5.74) is 11.1. The summed E-state index contributed by atoms with van der Waals surface area (Å²) >= 11 is 0. The van der Waals surface area contributed by atoms with Crippen LogP contribution in [-0.4, -0.2) is 87.7 Å². The maximum absolute atomic E-state index is 13.8. The van der Waals surface area contributed by atoms with Crippen molar-refractivity contribution in [3.63, 3.8) is 0 Å². The van der Waals surface area contributed by atoms with Crippen LogP contribution in [0, 0.1) is 0 Å². The zero-order chi connectivity index (χ0) is 37.7. The molecular formula is C40H78N4O7. The first-order chi connectivity index (χ1) is 24.7. The monoisotopic (exact) mass is 727 g/mol. The van der Waals surface area contributed by atoms with Crippen LogP contribution in [0.1, 0.15) is 187 Å². The number of carbonyl (C=O) groups excluding carboxylic acids is 3. The maximum Gasteiger partial charge on any atom is 0.237 e. The summed E-state index contributed by atoms with van der Waals surface area (Å²) in [5, 5.41) is 34.3. The quantitative estimate of drug-likeness (QED) is 0.0436. The summed E-state index contributed by atoms with van der Waals surface area (Å²) in [6.07, 6.45) is 24.3. The second-order valence-corrected chi connectivity index (χ2v) is 15.0. The Morgan fingerprint density at radius 1 is 0.667 bits per heavy atom. The molecule has 0 spiro atoms. The van der Waals surface area contributed by atoms with Crippen molar-refractivity contribution in [1.82, 2.24) is 10.2 Å². The molecule has 11 heteroatoms. The van der Waals surface area contributed by atoms with E-state index in [0.717, 1.165) is 38.5 Å². The van der Waals surface area contributed by atoms with Gasteiger partial charge in [-0.2, -0.15) is 0 Å². The molecule has 0 aliphatic carbocycles. The SMILES string of the molecule is CCCCCCCCCCCCCCCCCC(=O)N(CCCCCCCCCCCC)[C@@H]1O[C@H](CO)[C@@H](O)[C@H](O)[C@H]1NC(=O)[C@@H](N)CC(N)=O. The molecule has 0 bridgehead atoms.